The molecule has 0 radical (unpaired) electrons. The van der Waals surface area contributed by atoms with Crippen molar-refractivity contribution in [1.29, 1.82) is 0 Å². The highest BCUT2D eigenvalue weighted by molar-refractivity contribution is 5.67. The summed E-state index contributed by atoms with van der Waals surface area (Å²) in [6, 6.07) is 4.19. The first-order valence-electron chi connectivity index (χ1n) is 6.05. The second-order valence-electron chi connectivity index (χ2n) is 2.92. The molecule has 90 valence electrons. The molecule has 1 aromatic carbocycles. The Labute approximate surface area is 102 Å². The van der Waals surface area contributed by atoms with E-state index in [1.807, 2.05) is 39.8 Å². The van der Waals surface area contributed by atoms with E-state index in [0.29, 0.717) is 0 Å². The van der Waals surface area contributed by atoms with E-state index in [1.54, 1.807) is 0 Å². The van der Waals surface area contributed by atoms with Crippen LogP contribution in [0.15, 0.2) is 25.3 Å². The van der Waals surface area contributed by atoms with Gasteiger partial charge in [0.05, 0.1) is 0 Å². The predicted octanol–water partition coefficient (Wildman–Crippen LogP) is 5.64. The number of hydrogen-bond donors (Lipinski definition) is 0. The van der Waals surface area contributed by atoms with Crippen LogP contribution in [-0.2, 0) is 0 Å². The van der Waals surface area contributed by atoms with E-state index in [-0.39, 0.29) is 0 Å². The van der Waals surface area contributed by atoms with Gasteiger partial charge < -0.3 is 0 Å². The lowest BCUT2D eigenvalue weighted by molar-refractivity contribution is 1.32. The average Bonchev–Trinajstić information content (AvgIpc) is 2.37. The maximum absolute atomic E-state index is 3.79. The summed E-state index contributed by atoms with van der Waals surface area (Å²) in [6.07, 6.45) is 3.75. The molecule has 0 N–H and O–H groups in total. The standard InChI is InChI=1S/C12H14.2C2H6/c1-5-11-8-7-9(3)10(4)12(11)6-2;2*1-2/h5-8H,1-2H2,3-4H3;2*1-2H3. The molecule has 1 rings (SSSR count). The van der Waals surface area contributed by atoms with E-state index in [2.05, 4.69) is 39.1 Å². The summed E-state index contributed by atoms with van der Waals surface area (Å²) in [7, 11) is 0. The van der Waals surface area contributed by atoms with Crippen molar-refractivity contribution in [2.45, 2.75) is 41.5 Å². The van der Waals surface area contributed by atoms with Crippen LogP contribution in [0.2, 0.25) is 0 Å². The zero-order valence-electron chi connectivity index (χ0n) is 11.7. The summed E-state index contributed by atoms with van der Waals surface area (Å²) < 4.78 is 0. The van der Waals surface area contributed by atoms with Gasteiger partial charge in [-0.2, -0.15) is 0 Å². The summed E-state index contributed by atoms with van der Waals surface area (Å²) in [5.41, 5.74) is 4.95. The fraction of sp³-hybridized carbons (Fsp3) is 0.375. The zero-order valence-corrected chi connectivity index (χ0v) is 11.7. The lowest BCUT2D eigenvalue weighted by Gasteiger charge is -2.07. The van der Waals surface area contributed by atoms with Crippen LogP contribution < -0.4 is 0 Å². The molecule has 0 saturated carbocycles. The molecule has 0 heteroatoms. The summed E-state index contributed by atoms with van der Waals surface area (Å²) in [6.45, 7) is 19.8. The van der Waals surface area contributed by atoms with Crippen LogP contribution in [0.1, 0.15) is 49.9 Å². The minimum atomic E-state index is 1.16. The molecule has 0 aliphatic rings. The Hall–Kier alpha value is -1.30. The van der Waals surface area contributed by atoms with Gasteiger partial charge >= 0.3 is 0 Å². The monoisotopic (exact) mass is 218 g/mol. The van der Waals surface area contributed by atoms with Crippen molar-refractivity contribution in [2.75, 3.05) is 0 Å². The van der Waals surface area contributed by atoms with E-state index in [9.17, 15) is 0 Å². The lowest BCUT2D eigenvalue weighted by atomic mass is 9.98. The van der Waals surface area contributed by atoms with Crippen molar-refractivity contribution in [1.82, 2.24) is 0 Å². The Balaban J connectivity index is 0. The first-order chi connectivity index (χ1) is 7.70. The third-order valence-electron chi connectivity index (χ3n) is 2.24. The molecule has 0 atom stereocenters. The maximum atomic E-state index is 3.79. The zero-order chi connectivity index (χ0) is 13.1. The van der Waals surface area contributed by atoms with Crippen LogP contribution in [0, 0.1) is 13.8 Å². The molecule has 0 nitrogen and oxygen atoms in total. The second kappa shape index (κ2) is 10.2. The van der Waals surface area contributed by atoms with Crippen molar-refractivity contribution in [3.63, 3.8) is 0 Å². The number of rotatable bonds is 2. The van der Waals surface area contributed by atoms with E-state index in [1.165, 1.54) is 16.7 Å². The SMILES string of the molecule is C=Cc1ccc(C)c(C)c1C=C.CC.CC. The van der Waals surface area contributed by atoms with E-state index < -0.39 is 0 Å². The normalized spacial score (nSPS) is 7.88. The fourth-order valence-corrected chi connectivity index (χ4v) is 1.31. The van der Waals surface area contributed by atoms with Crippen molar-refractivity contribution in [2.24, 2.45) is 0 Å². The summed E-state index contributed by atoms with van der Waals surface area (Å²) >= 11 is 0. The van der Waals surface area contributed by atoms with Gasteiger partial charge in [-0.05, 0) is 36.1 Å². The molecule has 0 aliphatic carbocycles. The minimum Gasteiger partial charge on any atom is -0.0984 e. The van der Waals surface area contributed by atoms with Crippen LogP contribution in [0.25, 0.3) is 12.2 Å². The molecule has 0 bridgehead atoms. The number of benzene rings is 1. The van der Waals surface area contributed by atoms with Crippen molar-refractivity contribution in [3.05, 3.63) is 47.5 Å². The first-order valence-corrected chi connectivity index (χ1v) is 6.05. The van der Waals surface area contributed by atoms with Crippen LogP contribution in [-0.4, -0.2) is 0 Å². The molecule has 0 aliphatic heterocycles. The van der Waals surface area contributed by atoms with Gasteiger partial charge in [0.1, 0.15) is 0 Å². The highest BCUT2D eigenvalue weighted by atomic mass is 14.1. The third kappa shape index (κ3) is 4.48. The van der Waals surface area contributed by atoms with Crippen molar-refractivity contribution in [3.8, 4) is 0 Å². The molecule has 0 aromatic heterocycles. The molecular formula is C16H26. The Kier molecular flexibility index (Phi) is 10.9. The molecule has 0 amide bonds. The fourth-order valence-electron chi connectivity index (χ4n) is 1.31. The summed E-state index contributed by atoms with van der Waals surface area (Å²) in [5, 5.41) is 0. The minimum absolute atomic E-state index is 1.16. The predicted molar refractivity (Wildman–Crippen MR) is 78.8 cm³/mol. The quantitative estimate of drug-likeness (QED) is 0.602. The first kappa shape index (κ1) is 17.1. The van der Waals surface area contributed by atoms with E-state index in [4.69, 9.17) is 0 Å². The molecule has 0 fully saturated rings. The van der Waals surface area contributed by atoms with Crippen LogP contribution >= 0.6 is 0 Å². The van der Waals surface area contributed by atoms with Gasteiger partial charge in [0.25, 0.3) is 0 Å². The number of aryl methyl sites for hydroxylation is 1. The highest BCUT2D eigenvalue weighted by Gasteiger charge is 2.00. The molecule has 0 saturated heterocycles. The third-order valence-corrected chi connectivity index (χ3v) is 2.24. The van der Waals surface area contributed by atoms with Gasteiger partial charge in [0.2, 0.25) is 0 Å². The van der Waals surface area contributed by atoms with E-state index >= 15 is 0 Å². The number of hydrogen-bond acceptors (Lipinski definition) is 0. The molecule has 0 heterocycles. The van der Waals surface area contributed by atoms with Crippen molar-refractivity contribution >= 4 is 12.2 Å². The van der Waals surface area contributed by atoms with Crippen LogP contribution in [0.5, 0.6) is 0 Å². The smallest absolute Gasteiger partial charge is 0.0158 e. The largest absolute Gasteiger partial charge is 0.0984 e. The second-order valence-corrected chi connectivity index (χ2v) is 2.92. The Bertz CT molecular complexity index is 319. The molecule has 1 aromatic rings. The van der Waals surface area contributed by atoms with Crippen molar-refractivity contribution < 1.29 is 0 Å². The maximum Gasteiger partial charge on any atom is -0.0158 e. The van der Waals surface area contributed by atoms with Gasteiger partial charge in [-0.15, -0.1) is 0 Å². The average molecular weight is 218 g/mol. The Morgan fingerprint density at radius 3 is 1.75 bits per heavy atom. The van der Waals surface area contributed by atoms with Gasteiger partial charge in [0.15, 0.2) is 0 Å². The summed E-state index contributed by atoms with van der Waals surface area (Å²) in [4.78, 5) is 0. The molecule has 0 spiro atoms. The van der Waals surface area contributed by atoms with Gasteiger partial charge in [-0.25, -0.2) is 0 Å². The Morgan fingerprint density at radius 1 is 0.875 bits per heavy atom. The van der Waals surface area contributed by atoms with Gasteiger partial charge in [-0.1, -0.05) is 65.1 Å². The molecule has 0 unspecified atom stereocenters. The van der Waals surface area contributed by atoms with E-state index in [0.717, 1.165) is 5.56 Å². The highest BCUT2D eigenvalue weighted by Crippen LogP contribution is 2.19. The van der Waals surface area contributed by atoms with Crippen LogP contribution in [0.3, 0.4) is 0 Å². The van der Waals surface area contributed by atoms with Gasteiger partial charge in [0, 0.05) is 0 Å². The lowest BCUT2D eigenvalue weighted by Crippen LogP contribution is -1.89. The summed E-state index contributed by atoms with van der Waals surface area (Å²) in [5.74, 6) is 0. The molecular weight excluding hydrogens is 192 g/mol. The van der Waals surface area contributed by atoms with Gasteiger partial charge in [-0.3, -0.25) is 0 Å². The Morgan fingerprint density at radius 2 is 1.38 bits per heavy atom. The molecule has 16 heavy (non-hydrogen) atoms. The topological polar surface area (TPSA) is 0 Å². The van der Waals surface area contributed by atoms with Crippen LogP contribution in [0.4, 0.5) is 0 Å².